The van der Waals surface area contributed by atoms with Crippen LogP contribution in [0.4, 0.5) is 5.69 Å². The molecule has 0 aliphatic rings. The van der Waals surface area contributed by atoms with E-state index in [9.17, 15) is 14.9 Å². The summed E-state index contributed by atoms with van der Waals surface area (Å²) < 4.78 is 6.67. The smallest absolute Gasteiger partial charge is 0.340 e. The van der Waals surface area contributed by atoms with E-state index in [4.69, 9.17) is 16.3 Å². The number of nitro benzene ring substituents is 1. The van der Waals surface area contributed by atoms with E-state index in [1.807, 2.05) is 19.1 Å². The molecule has 0 unspecified atom stereocenters. The lowest BCUT2D eigenvalue weighted by molar-refractivity contribution is -0.384. The van der Waals surface area contributed by atoms with E-state index in [1.165, 1.54) is 12.1 Å². The van der Waals surface area contributed by atoms with E-state index >= 15 is 0 Å². The van der Waals surface area contributed by atoms with Gasteiger partial charge in [-0.05, 0) is 37.6 Å². The van der Waals surface area contributed by atoms with Gasteiger partial charge in [0, 0.05) is 29.5 Å². The van der Waals surface area contributed by atoms with Crippen LogP contribution in [0.15, 0.2) is 48.8 Å². The van der Waals surface area contributed by atoms with Gasteiger partial charge in [-0.25, -0.2) is 9.48 Å². The molecule has 0 fully saturated rings. The van der Waals surface area contributed by atoms with E-state index in [2.05, 4.69) is 5.10 Å². The fourth-order valence-electron chi connectivity index (χ4n) is 2.66. The summed E-state index contributed by atoms with van der Waals surface area (Å²) in [4.78, 5) is 22.6. The summed E-state index contributed by atoms with van der Waals surface area (Å²) in [6.45, 7) is 3.93. The number of hydrogen-bond donors (Lipinski definition) is 0. The second-order valence-electron chi connectivity index (χ2n) is 5.84. The van der Waals surface area contributed by atoms with Gasteiger partial charge < -0.3 is 4.74 Å². The average Bonchev–Trinajstić information content (AvgIpc) is 3.11. The molecule has 2 aromatic carbocycles. The number of carbonyl (C=O) groups is 1. The maximum absolute atomic E-state index is 12.2. The minimum atomic E-state index is -0.503. The van der Waals surface area contributed by atoms with Crippen molar-refractivity contribution in [2.24, 2.45) is 0 Å². The van der Waals surface area contributed by atoms with Gasteiger partial charge in [0.1, 0.15) is 0 Å². The van der Waals surface area contributed by atoms with Gasteiger partial charge in [-0.2, -0.15) is 5.10 Å². The minimum absolute atomic E-state index is 0.0839. The molecule has 0 N–H and O–H groups in total. The first kappa shape index (κ1) is 18.6. The number of ether oxygens (including phenoxy) is 1. The number of aryl methyl sites for hydroxylation is 1. The molecule has 7 nitrogen and oxygen atoms in total. The predicted octanol–water partition coefficient (Wildman–Crippen LogP) is 4.59. The Kier molecular flexibility index (Phi) is 5.23. The Balaban J connectivity index is 2.03. The molecule has 0 atom stereocenters. The largest absolute Gasteiger partial charge is 0.462 e. The summed E-state index contributed by atoms with van der Waals surface area (Å²) in [5, 5.41) is 15.4. The minimum Gasteiger partial charge on any atom is -0.462 e. The Hall–Kier alpha value is -3.19. The molecule has 0 aliphatic heterocycles. The summed E-state index contributed by atoms with van der Waals surface area (Å²) in [5.74, 6) is -0.432. The van der Waals surface area contributed by atoms with Crippen molar-refractivity contribution in [1.82, 2.24) is 9.78 Å². The van der Waals surface area contributed by atoms with E-state index in [0.29, 0.717) is 22.4 Å². The molecule has 0 saturated heterocycles. The molecule has 0 saturated carbocycles. The maximum Gasteiger partial charge on any atom is 0.340 e. The Morgan fingerprint density at radius 2 is 2.07 bits per heavy atom. The molecule has 138 valence electrons. The second-order valence-corrected chi connectivity index (χ2v) is 6.24. The van der Waals surface area contributed by atoms with E-state index < -0.39 is 10.9 Å². The van der Waals surface area contributed by atoms with Crippen LogP contribution in [0.3, 0.4) is 0 Å². The first-order chi connectivity index (χ1) is 12.9. The van der Waals surface area contributed by atoms with Gasteiger partial charge in [-0.1, -0.05) is 17.7 Å². The predicted molar refractivity (Wildman–Crippen MR) is 101 cm³/mol. The lowest BCUT2D eigenvalue weighted by Crippen LogP contribution is -2.10. The van der Waals surface area contributed by atoms with Gasteiger partial charge in [-0.15, -0.1) is 0 Å². The summed E-state index contributed by atoms with van der Waals surface area (Å²) in [6, 6.07) is 9.61. The quantitative estimate of drug-likeness (QED) is 0.364. The van der Waals surface area contributed by atoms with Crippen molar-refractivity contribution < 1.29 is 14.5 Å². The number of non-ortho nitro benzene ring substituents is 1. The molecule has 0 amide bonds. The van der Waals surface area contributed by atoms with Crippen LogP contribution in [-0.2, 0) is 4.74 Å². The maximum atomic E-state index is 12.2. The van der Waals surface area contributed by atoms with E-state index in [-0.39, 0.29) is 17.3 Å². The summed E-state index contributed by atoms with van der Waals surface area (Å²) in [6.07, 6.45) is 3.30. The third kappa shape index (κ3) is 3.83. The zero-order valence-electron chi connectivity index (χ0n) is 14.7. The molecular formula is C19H16ClN3O4. The van der Waals surface area contributed by atoms with Crippen LogP contribution in [0.2, 0.25) is 5.02 Å². The monoisotopic (exact) mass is 385 g/mol. The molecule has 3 aromatic rings. The summed E-state index contributed by atoms with van der Waals surface area (Å²) in [5.41, 5.74) is 3.14. The number of nitrogens with zero attached hydrogens (tertiary/aromatic N) is 3. The Morgan fingerprint density at radius 3 is 2.74 bits per heavy atom. The molecule has 1 aromatic heterocycles. The van der Waals surface area contributed by atoms with Crippen LogP contribution in [-0.4, -0.2) is 27.3 Å². The van der Waals surface area contributed by atoms with Gasteiger partial charge in [0.15, 0.2) is 0 Å². The highest BCUT2D eigenvalue weighted by Crippen LogP contribution is 2.31. The first-order valence-corrected chi connectivity index (χ1v) is 8.55. The van der Waals surface area contributed by atoms with Gasteiger partial charge in [0.25, 0.3) is 5.69 Å². The van der Waals surface area contributed by atoms with Crippen molar-refractivity contribution in [3.63, 3.8) is 0 Å². The van der Waals surface area contributed by atoms with Crippen molar-refractivity contribution in [2.45, 2.75) is 13.8 Å². The zero-order chi connectivity index (χ0) is 19.6. The third-order valence-corrected chi connectivity index (χ3v) is 4.27. The van der Waals surface area contributed by atoms with Gasteiger partial charge >= 0.3 is 5.97 Å². The molecule has 0 aliphatic carbocycles. The molecular weight excluding hydrogens is 370 g/mol. The van der Waals surface area contributed by atoms with Crippen molar-refractivity contribution in [1.29, 1.82) is 0 Å². The molecule has 0 bridgehead atoms. The Morgan fingerprint density at radius 1 is 1.30 bits per heavy atom. The number of halogens is 1. The number of carbonyl (C=O) groups excluding carboxylic acids is 1. The van der Waals surface area contributed by atoms with Crippen molar-refractivity contribution >= 4 is 23.3 Å². The highest BCUT2D eigenvalue weighted by Gasteiger charge is 2.17. The molecule has 0 spiro atoms. The fraction of sp³-hybridized carbons (Fsp3) is 0.158. The van der Waals surface area contributed by atoms with Gasteiger partial charge in [0.2, 0.25) is 0 Å². The lowest BCUT2D eigenvalue weighted by Gasteiger charge is -2.10. The highest BCUT2D eigenvalue weighted by molar-refractivity contribution is 6.33. The van der Waals surface area contributed by atoms with Crippen LogP contribution in [0.5, 0.6) is 0 Å². The fourth-order valence-corrected chi connectivity index (χ4v) is 2.94. The van der Waals surface area contributed by atoms with E-state index in [0.717, 1.165) is 5.56 Å². The van der Waals surface area contributed by atoms with Crippen molar-refractivity contribution in [3.05, 3.63) is 75.1 Å². The molecule has 1 heterocycles. The van der Waals surface area contributed by atoms with Crippen molar-refractivity contribution in [3.8, 4) is 16.8 Å². The van der Waals surface area contributed by atoms with Crippen LogP contribution in [0, 0.1) is 17.0 Å². The number of rotatable bonds is 5. The van der Waals surface area contributed by atoms with Gasteiger partial charge in [0.05, 0.1) is 34.0 Å². The van der Waals surface area contributed by atoms with E-state index in [1.54, 1.807) is 36.1 Å². The number of esters is 1. The molecule has 0 radical (unpaired) electrons. The van der Waals surface area contributed by atoms with Crippen LogP contribution < -0.4 is 0 Å². The van der Waals surface area contributed by atoms with Crippen molar-refractivity contribution in [2.75, 3.05) is 6.61 Å². The third-order valence-electron chi connectivity index (χ3n) is 3.95. The number of nitro groups is 1. The average molecular weight is 386 g/mol. The number of hydrogen-bond acceptors (Lipinski definition) is 5. The molecule has 8 heteroatoms. The van der Waals surface area contributed by atoms with Gasteiger partial charge in [-0.3, -0.25) is 10.1 Å². The molecule has 3 rings (SSSR count). The Labute approximate surface area is 160 Å². The topological polar surface area (TPSA) is 87.3 Å². The standard InChI is InChI=1S/C19H16ClN3O4/c1-3-27-19(24)16-6-4-12(2)8-18(16)22-11-13(10-21-22)15-7-5-14(23(25)26)9-17(15)20/h4-11H,3H2,1-2H3. The van der Waals surface area contributed by atoms with Crippen LogP contribution in [0.1, 0.15) is 22.8 Å². The summed E-state index contributed by atoms with van der Waals surface area (Å²) >= 11 is 6.20. The second kappa shape index (κ2) is 7.59. The van der Waals surface area contributed by atoms with Crippen LogP contribution >= 0.6 is 11.6 Å². The normalized spacial score (nSPS) is 10.6. The number of aromatic nitrogens is 2. The molecule has 27 heavy (non-hydrogen) atoms. The first-order valence-electron chi connectivity index (χ1n) is 8.18. The van der Waals surface area contributed by atoms with Crippen LogP contribution in [0.25, 0.3) is 16.8 Å². The highest BCUT2D eigenvalue weighted by atomic mass is 35.5. The zero-order valence-corrected chi connectivity index (χ0v) is 15.4. The summed E-state index contributed by atoms with van der Waals surface area (Å²) in [7, 11) is 0. The number of benzene rings is 2. The SMILES string of the molecule is CCOC(=O)c1ccc(C)cc1-n1cc(-c2ccc([N+](=O)[O-])cc2Cl)cn1. The Bertz CT molecular complexity index is 1030. The lowest BCUT2D eigenvalue weighted by atomic mass is 10.1.